The Bertz CT molecular complexity index is 709. The van der Waals surface area contributed by atoms with Gasteiger partial charge in [0.15, 0.2) is 11.5 Å². The van der Waals surface area contributed by atoms with E-state index in [1.54, 1.807) is 29.5 Å². The Balaban J connectivity index is 1.79. The maximum absolute atomic E-state index is 12.5. The number of hydrogen-bond acceptors (Lipinski definition) is 5. The van der Waals surface area contributed by atoms with E-state index in [1.165, 1.54) is 0 Å². The second-order valence-corrected chi connectivity index (χ2v) is 6.95. The molecule has 0 aliphatic carbocycles. The van der Waals surface area contributed by atoms with E-state index < -0.39 is 5.54 Å². The van der Waals surface area contributed by atoms with Gasteiger partial charge >= 0.3 is 0 Å². The van der Waals surface area contributed by atoms with Crippen molar-refractivity contribution in [2.75, 3.05) is 13.2 Å². The smallest absolute Gasteiger partial charge is 0.252 e. The Labute approximate surface area is 133 Å². The second-order valence-electron chi connectivity index (χ2n) is 5.71. The number of fused-ring (bicyclic) bond motifs is 1. The van der Waals surface area contributed by atoms with Crippen molar-refractivity contribution in [2.24, 2.45) is 0 Å². The van der Waals surface area contributed by atoms with Gasteiger partial charge in [-0.2, -0.15) is 0 Å². The molecule has 1 aromatic heterocycles. The zero-order valence-corrected chi connectivity index (χ0v) is 13.6. The van der Waals surface area contributed by atoms with E-state index in [4.69, 9.17) is 9.47 Å². The van der Waals surface area contributed by atoms with E-state index in [0.717, 1.165) is 9.88 Å². The molecule has 0 fully saturated rings. The van der Waals surface area contributed by atoms with Crippen molar-refractivity contribution < 1.29 is 14.3 Å². The summed E-state index contributed by atoms with van der Waals surface area (Å²) in [5.74, 6) is 1.13. The van der Waals surface area contributed by atoms with Crippen LogP contribution in [0.3, 0.4) is 0 Å². The summed E-state index contributed by atoms with van der Waals surface area (Å²) in [6, 6.07) is 5.23. The number of carbonyl (C=O) groups is 1. The Morgan fingerprint density at radius 1 is 1.27 bits per heavy atom. The third-order valence-corrected chi connectivity index (χ3v) is 4.62. The molecule has 0 atom stereocenters. The van der Waals surface area contributed by atoms with Gasteiger partial charge in [-0.3, -0.25) is 4.79 Å². The number of thiazole rings is 1. The Morgan fingerprint density at radius 3 is 2.68 bits per heavy atom. The van der Waals surface area contributed by atoms with Crippen LogP contribution in [0.15, 0.2) is 24.4 Å². The lowest BCUT2D eigenvalue weighted by molar-refractivity contribution is 0.0910. The summed E-state index contributed by atoms with van der Waals surface area (Å²) in [6.07, 6.45) is 1.82. The van der Waals surface area contributed by atoms with Crippen LogP contribution in [0, 0.1) is 6.92 Å². The predicted octanol–water partition coefficient (Wildman–Crippen LogP) is 2.89. The van der Waals surface area contributed by atoms with Crippen LogP contribution in [0.1, 0.15) is 34.1 Å². The average molecular weight is 318 g/mol. The predicted molar refractivity (Wildman–Crippen MR) is 84.8 cm³/mol. The molecule has 0 bridgehead atoms. The number of benzene rings is 1. The van der Waals surface area contributed by atoms with Gasteiger partial charge in [-0.15, -0.1) is 11.3 Å². The zero-order chi connectivity index (χ0) is 15.7. The highest BCUT2D eigenvalue weighted by molar-refractivity contribution is 7.11. The van der Waals surface area contributed by atoms with E-state index in [9.17, 15) is 4.79 Å². The molecule has 22 heavy (non-hydrogen) atoms. The molecular formula is C16H18N2O3S. The standard InChI is InChI=1S/C16H18N2O3S/c1-10-9-17-15(22-10)16(2,3)18-14(19)11-4-5-12-13(8-11)21-7-6-20-12/h4-5,8-9H,6-7H2,1-3H3,(H,18,19). The summed E-state index contributed by atoms with van der Waals surface area (Å²) in [5, 5.41) is 3.91. The van der Waals surface area contributed by atoms with Gasteiger partial charge in [-0.1, -0.05) is 0 Å². The average Bonchev–Trinajstić information content (AvgIpc) is 2.94. The molecule has 0 unspecified atom stereocenters. The first-order valence-electron chi connectivity index (χ1n) is 7.11. The van der Waals surface area contributed by atoms with Crippen molar-refractivity contribution in [3.8, 4) is 11.5 Å². The van der Waals surface area contributed by atoms with Crippen molar-refractivity contribution >= 4 is 17.2 Å². The van der Waals surface area contributed by atoms with Gasteiger partial charge in [0.1, 0.15) is 18.2 Å². The molecule has 2 aromatic rings. The van der Waals surface area contributed by atoms with Gasteiger partial charge in [-0.05, 0) is 39.0 Å². The van der Waals surface area contributed by atoms with Crippen molar-refractivity contribution in [3.05, 3.63) is 39.8 Å². The van der Waals surface area contributed by atoms with Crippen LogP contribution < -0.4 is 14.8 Å². The van der Waals surface area contributed by atoms with Gasteiger partial charge in [-0.25, -0.2) is 4.98 Å². The van der Waals surface area contributed by atoms with Crippen LogP contribution in [0.4, 0.5) is 0 Å². The first-order valence-corrected chi connectivity index (χ1v) is 7.92. The quantitative estimate of drug-likeness (QED) is 0.945. The molecule has 1 aliphatic heterocycles. The number of rotatable bonds is 3. The molecule has 0 spiro atoms. The second kappa shape index (κ2) is 5.61. The number of hydrogen-bond donors (Lipinski definition) is 1. The molecule has 1 N–H and O–H groups in total. The maximum Gasteiger partial charge on any atom is 0.252 e. The van der Waals surface area contributed by atoms with Gasteiger partial charge in [0, 0.05) is 16.6 Å². The van der Waals surface area contributed by atoms with Gasteiger partial charge in [0.2, 0.25) is 0 Å². The molecule has 1 aromatic carbocycles. The van der Waals surface area contributed by atoms with Crippen LogP contribution in [-0.2, 0) is 5.54 Å². The summed E-state index contributed by atoms with van der Waals surface area (Å²) in [6.45, 7) is 6.93. The fourth-order valence-corrected chi connectivity index (χ4v) is 3.06. The fourth-order valence-electron chi connectivity index (χ4n) is 2.24. The van der Waals surface area contributed by atoms with E-state index in [-0.39, 0.29) is 5.91 Å². The monoisotopic (exact) mass is 318 g/mol. The number of nitrogens with one attached hydrogen (secondary N) is 1. The number of ether oxygens (including phenoxy) is 2. The lowest BCUT2D eigenvalue weighted by Gasteiger charge is -2.24. The van der Waals surface area contributed by atoms with Crippen LogP contribution in [0.5, 0.6) is 11.5 Å². The number of aromatic nitrogens is 1. The number of carbonyl (C=O) groups excluding carboxylic acids is 1. The van der Waals surface area contributed by atoms with Gasteiger partial charge < -0.3 is 14.8 Å². The molecule has 0 radical (unpaired) electrons. The topological polar surface area (TPSA) is 60.5 Å². The first kappa shape index (κ1) is 14.8. The first-order chi connectivity index (χ1) is 10.5. The Kier molecular flexibility index (Phi) is 3.78. The van der Waals surface area contributed by atoms with Crippen molar-refractivity contribution in [1.82, 2.24) is 10.3 Å². The lowest BCUT2D eigenvalue weighted by atomic mass is 10.1. The van der Waals surface area contributed by atoms with Crippen LogP contribution in [0.25, 0.3) is 0 Å². The highest BCUT2D eigenvalue weighted by Crippen LogP contribution is 2.31. The van der Waals surface area contributed by atoms with Crippen LogP contribution >= 0.6 is 11.3 Å². The minimum Gasteiger partial charge on any atom is -0.486 e. The minimum atomic E-state index is -0.525. The fraction of sp³-hybridized carbons (Fsp3) is 0.375. The number of aryl methyl sites for hydroxylation is 1. The van der Waals surface area contributed by atoms with Gasteiger partial charge in [0.05, 0.1) is 5.54 Å². The van der Waals surface area contributed by atoms with E-state index in [1.807, 2.05) is 27.0 Å². The van der Waals surface area contributed by atoms with Crippen molar-refractivity contribution in [2.45, 2.75) is 26.3 Å². The summed E-state index contributed by atoms with van der Waals surface area (Å²) in [4.78, 5) is 18.0. The minimum absolute atomic E-state index is 0.158. The Morgan fingerprint density at radius 2 is 2.00 bits per heavy atom. The molecular weight excluding hydrogens is 300 g/mol. The molecule has 1 aliphatic rings. The number of nitrogens with zero attached hydrogens (tertiary/aromatic N) is 1. The SMILES string of the molecule is Cc1cnc(C(C)(C)NC(=O)c2ccc3c(c2)OCCO3)s1. The summed E-state index contributed by atoms with van der Waals surface area (Å²) in [7, 11) is 0. The largest absolute Gasteiger partial charge is 0.486 e. The summed E-state index contributed by atoms with van der Waals surface area (Å²) >= 11 is 1.58. The van der Waals surface area contributed by atoms with E-state index >= 15 is 0 Å². The number of amides is 1. The lowest BCUT2D eigenvalue weighted by Crippen LogP contribution is -2.40. The molecule has 6 heteroatoms. The molecule has 2 heterocycles. The molecule has 1 amide bonds. The third-order valence-electron chi connectivity index (χ3n) is 3.39. The maximum atomic E-state index is 12.5. The molecule has 116 valence electrons. The molecule has 5 nitrogen and oxygen atoms in total. The Hall–Kier alpha value is -2.08. The van der Waals surface area contributed by atoms with Crippen molar-refractivity contribution in [1.29, 1.82) is 0 Å². The van der Waals surface area contributed by atoms with Gasteiger partial charge in [0.25, 0.3) is 5.91 Å². The highest BCUT2D eigenvalue weighted by atomic mass is 32.1. The van der Waals surface area contributed by atoms with E-state index in [2.05, 4.69) is 10.3 Å². The molecule has 0 saturated heterocycles. The molecule has 0 saturated carbocycles. The van der Waals surface area contributed by atoms with E-state index in [0.29, 0.717) is 30.3 Å². The van der Waals surface area contributed by atoms with Crippen LogP contribution in [-0.4, -0.2) is 24.1 Å². The summed E-state index contributed by atoms with van der Waals surface area (Å²) < 4.78 is 11.0. The summed E-state index contributed by atoms with van der Waals surface area (Å²) in [5.41, 5.74) is 0.0223. The van der Waals surface area contributed by atoms with Crippen molar-refractivity contribution in [3.63, 3.8) is 0 Å². The molecule has 3 rings (SSSR count). The normalized spacial score (nSPS) is 13.8. The van der Waals surface area contributed by atoms with Crippen LogP contribution in [0.2, 0.25) is 0 Å². The highest BCUT2D eigenvalue weighted by Gasteiger charge is 2.27. The third kappa shape index (κ3) is 2.92. The zero-order valence-electron chi connectivity index (χ0n) is 12.8.